The van der Waals surface area contributed by atoms with E-state index in [2.05, 4.69) is 15.9 Å². The molecule has 1 aromatic carbocycles. The maximum Gasteiger partial charge on any atom is 0.163 e. The number of aliphatic hydroxyl groups is 1. The summed E-state index contributed by atoms with van der Waals surface area (Å²) in [6, 6.07) is 5.21. The van der Waals surface area contributed by atoms with Gasteiger partial charge in [0.1, 0.15) is 12.4 Å². The van der Waals surface area contributed by atoms with Crippen molar-refractivity contribution in [3.8, 4) is 5.75 Å². The fraction of sp³-hybridized carbons (Fsp3) is 0.364. The van der Waals surface area contributed by atoms with E-state index in [4.69, 9.17) is 9.84 Å². The molecule has 0 heterocycles. The first-order valence-corrected chi connectivity index (χ1v) is 5.41. The zero-order chi connectivity index (χ0) is 11.4. The molecule has 3 nitrogen and oxygen atoms in total. The standard InChI is InChI=1S/C11H13BrO3/c1-7(13)6-15-11-4-3-9(12)5-10(11)8(2)14/h3-5,7,13H,6H2,1-2H3. The van der Waals surface area contributed by atoms with E-state index in [0.717, 1.165) is 4.47 Å². The number of rotatable bonds is 4. The molecular weight excluding hydrogens is 260 g/mol. The number of hydrogen-bond acceptors (Lipinski definition) is 3. The first kappa shape index (κ1) is 12.2. The minimum atomic E-state index is -0.548. The van der Waals surface area contributed by atoms with Crippen molar-refractivity contribution in [1.82, 2.24) is 0 Å². The van der Waals surface area contributed by atoms with Crippen LogP contribution in [0.3, 0.4) is 0 Å². The third-order valence-corrected chi connectivity index (χ3v) is 2.29. The van der Waals surface area contributed by atoms with Crippen molar-refractivity contribution < 1.29 is 14.6 Å². The molecule has 0 bridgehead atoms. The van der Waals surface area contributed by atoms with E-state index < -0.39 is 6.10 Å². The van der Waals surface area contributed by atoms with Crippen LogP contribution in [0.25, 0.3) is 0 Å². The second kappa shape index (κ2) is 5.28. The lowest BCUT2D eigenvalue weighted by Gasteiger charge is -2.11. The molecule has 0 amide bonds. The molecule has 1 unspecified atom stereocenters. The topological polar surface area (TPSA) is 46.5 Å². The number of ketones is 1. The molecule has 1 atom stereocenters. The van der Waals surface area contributed by atoms with Gasteiger partial charge in [-0.15, -0.1) is 0 Å². The van der Waals surface area contributed by atoms with E-state index in [1.807, 2.05) is 0 Å². The number of aliphatic hydroxyl groups excluding tert-OH is 1. The van der Waals surface area contributed by atoms with Crippen LogP contribution in [0.15, 0.2) is 22.7 Å². The van der Waals surface area contributed by atoms with Gasteiger partial charge in [-0.05, 0) is 32.0 Å². The highest BCUT2D eigenvalue weighted by molar-refractivity contribution is 9.10. The molecule has 0 fully saturated rings. The van der Waals surface area contributed by atoms with Gasteiger partial charge >= 0.3 is 0 Å². The molecule has 0 aliphatic rings. The van der Waals surface area contributed by atoms with Crippen molar-refractivity contribution in [1.29, 1.82) is 0 Å². The summed E-state index contributed by atoms with van der Waals surface area (Å²) < 4.78 is 6.15. The highest BCUT2D eigenvalue weighted by atomic mass is 79.9. The fourth-order valence-electron chi connectivity index (χ4n) is 1.11. The van der Waals surface area contributed by atoms with Crippen LogP contribution in [0.5, 0.6) is 5.75 Å². The molecule has 4 heteroatoms. The summed E-state index contributed by atoms with van der Waals surface area (Å²) in [7, 11) is 0. The third kappa shape index (κ3) is 3.64. The van der Waals surface area contributed by atoms with Crippen molar-refractivity contribution in [3.05, 3.63) is 28.2 Å². The lowest BCUT2D eigenvalue weighted by Crippen LogP contribution is -2.14. The predicted molar refractivity (Wildman–Crippen MR) is 61.3 cm³/mol. The Bertz CT molecular complexity index is 361. The summed E-state index contributed by atoms with van der Waals surface area (Å²) >= 11 is 3.29. The zero-order valence-electron chi connectivity index (χ0n) is 8.66. The molecule has 0 aliphatic heterocycles. The summed E-state index contributed by atoms with van der Waals surface area (Å²) in [6.45, 7) is 3.30. The maximum absolute atomic E-state index is 11.3. The molecule has 1 rings (SSSR count). The Labute approximate surface area is 97.2 Å². The number of benzene rings is 1. The molecule has 1 N–H and O–H groups in total. The third-order valence-electron chi connectivity index (χ3n) is 1.80. The number of hydrogen-bond donors (Lipinski definition) is 1. The molecular formula is C11H13BrO3. The largest absolute Gasteiger partial charge is 0.490 e. The smallest absolute Gasteiger partial charge is 0.163 e. The molecule has 0 radical (unpaired) electrons. The summed E-state index contributed by atoms with van der Waals surface area (Å²) in [5.74, 6) is 0.448. The van der Waals surface area contributed by atoms with Crippen molar-refractivity contribution >= 4 is 21.7 Å². The number of ether oxygens (including phenoxy) is 1. The number of halogens is 1. The first-order valence-electron chi connectivity index (χ1n) is 4.62. The van der Waals surface area contributed by atoms with Crippen molar-refractivity contribution in [3.63, 3.8) is 0 Å². The summed E-state index contributed by atoms with van der Waals surface area (Å²) in [5.41, 5.74) is 0.519. The summed E-state index contributed by atoms with van der Waals surface area (Å²) in [4.78, 5) is 11.3. The molecule has 0 aliphatic carbocycles. The van der Waals surface area contributed by atoms with Crippen molar-refractivity contribution in [2.75, 3.05) is 6.61 Å². The second-order valence-electron chi connectivity index (χ2n) is 3.36. The van der Waals surface area contributed by atoms with Gasteiger partial charge in [-0.25, -0.2) is 0 Å². The van der Waals surface area contributed by atoms with E-state index in [9.17, 15) is 4.79 Å². The van der Waals surface area contributed by atoms with Crippen molar-refractivity contribution in [2.45, 2.75) is 20.0 Å². The van der Waals surface area contributed by atoms with Gasteiger partial charge in [-0.3, -0.25) is 4.79 Å². The zero-order valence-corrected chi connectivity index (χ0v) is 10.2. The fourth-order valence-corrected chi connectivity index (χ4v) is 1.47. The summed E-state index contributed by atoms with van der Waals surface area (Å²) in [6.07, 6.45) is -0.548. The van der Waals surface area contributed by atoms with E-state index in [1.165, 1.54) is 6.92 Å². The number of carbonyl (C=O) groups excluding carboxylic acids is 1. The Morgan fingerprint density at radius 1 is 1.60 bits per heavy atom. The van der Waals surface area contributed by atoms with E-state index in [0.29, 0.717) is 11.3 Å². The minimum absolute atomic E-state index is 0.0584. The predicted octanol–water partition coefficient (Wildman–Crippen LogP) is 2.41. The molecule has 82 valence electrons. The van der Waals surface area contributed by atoms with Crippen LogP contribution < -0.4 is 4.74 Å². The lowest BCUT2D eigenvalue weighted by atomic mass is 10.1. The molecule has 15 heavy (non-hydrogen) atoms. The Morgan fingerprint density at radius 2 is 2.27 bits per heavy atom. The van der Waals surface area contributed by atoms with E-state index in [-0.39, 0.29) is 12.4 Å². The Kier molecular flexibility index (Phi) is 4.29. The maximum atomic E-state index is 11.3. The highest BCUT2D eigenvalue weighted by Gasteiger charge is 2.09. The van der Waals surface area contributed by atoms with Crippen LogP contribution in [0, 0.1) is 0 Å². The van der Waals surface area contributed by atoms with Gasteiger partial charge in [0.15, 0.2) is 5.78 Å². The van der Waals surface area contributed by atoms with Gasteiger partial charge in [-0.2, -0.15) is 0 Å². The lowest BCUT2D eigenvalue weighted by molar-refractivity contribution is 0.0995. The van der Waals surface area contributed by atoms with Gasteiger partial charge in [0.2, 0.25) is 0 Å². The van der Waals surface area contributed by atoms with Gasteiger partial charge in [-0.1, -0.05) is 15.9 Å². The van der Waals surface area contributed by atoms with E-state index in [1.54, 1.807) is 25.1 Å². The van der Waals surface area contributed by atoms with Crippen LogP contribution in [-0.4, -0.2) is 23.6 Å². The van der Waals surface area contributed by atoms with Gasteiger partial charge in [0.25, 0.3) is 0 Å². The highest BCUT2D eigenvalue weighted by Crippen LogP contribution is 2.23. The van der Waals surface area contributed by atoms with Gasteiger partial charge in [0, 0.05) is 4.47 Å². The van der Waals surface area contributed by atoms with Crippen LogP contribution in [0.2, 0.25) is 0 Å². The molecule has 1 aromatic rings. The molecule has 0 saturated carbocycles. The number of carbonyl (C=O) groups is 1. The molecule has 0 aromatic heterocycles. The van der Waals surface area contributed by atoms with Crippen LogP contribution >= 0.6 is 15.9 Å². The quantitative estimate of drug-likeness (QED) is 0.857. The monoisotopic (exact) mass is 272 g/mol. The Balaban J connectivity index is 2.91. The van der Waals surface area contributed by atoms with Crippen molar-refractivity contribution in [2.24, 2.45) is 0 Å². The SMILES string of the molecule is CC(=O)c1cc(Br)ccc1OCC(C)O. The number of Topliss-reactive ketones (excluding diaryl/α,β-unsaturated/α-hetero) is 1. The first-order chi connectivity index (χ1) is 7.00. The Morgan fingerprint density at radius 3 is 2.80 bits per heavy atom. The van der Waals surface area contributed by atoms with Gasteiger partial charge in [0.05, 0.1) is 11.7 Å². The summed E-state index contributed by atoms with van der Waals surface area (Å²) in [5, 5.41) is 9.08. The minimum Gasteiger partial charge on any atom is -0.490 e. The average Bonchev–Trinajstić information content (AvgIpc) is 2.15. The van der Waals surface area contributed by atoms with Crippen LogP contribution in [0.4, 0.5) is 0 Å². The van der Waals surface area contributed by atoms with Crippen LogP contribution in [-0.2, 0) is 0 Å². The average molecular weight is 273 g/mol. The molecule has 0 saturated heterocycles. The second-order valence-corrected chi connectivity index (χ2v) is 4.27. The van der Waals surface area contributed by atoms with Gasteiger partial charge < -0.3 is 9.84 Å². The normalized spacial score (nSPS) is 12.3. The molecule has 0 spiro atoms. The van der Waals surface area contributed by atoms with Crippen LogP contribution in [0.1, 0.15) is 24.2 Å². The van der Waals surface area contributed by atoms with E-state index >= 15 is 0 Å². The Hall–Kier alpha value is -0.870.